The summed E-state index contributed by atoms with van der Waals surface area (Å²) < 4.78 is 31.8. The van der Waals surface area contributed by atoms with E-state index in [1.165, 1.54) is 23.0 Å². The van der Waals surface area contributed by atoms with E-state index >= 15 is 0 Å². The van der Waals surface area contributed by atoms with E-state index in [1.807, 2.05) is 45.0 Å². The van der Waals surface area contributed by atoms with Crippen molar-refractivity contribution < 1.29 is 17.9 Å². The first-order valence-electron chi connectivity index (χ1n) is 7.73. The number of fused-ring (bicyclic) bond motifs is 1. The largest absolute Gasteiger partial charge is 0.443 e. The Hall–Kier alpha value is -1.86. The van der Waals surface area contributed by atoms with Gasteiger partial charge in [0.25, 0.3) is 0 Å². The van der Waals surface area contributed by atoms with Crippen LogP contribution in [0.15, 0.2) is 30.5 Å². The average molecular weight is 352 g/mol. The van der Waals surface area contributed by atoms with Crippen LogP contribution in [-0.4, -0.2) is 48.8 Å². The molecule has 2 aromatic rings. The summed E-state index contributed by atoms with van der Waals surface area (Å²) >= 11 is 0. The van der Waals surface area contributed by atoms with Crippen LogP contribution in [0.4, 0.5) is 4.79 Å². The standard InChI is InChI=1S/C17H24N2O4S/c1-17(2,3)23-16(20)19-10-8-14-12-13(6-7-15(14)19)9-11-24(21,22)18(4)5/h6-8,10,12H,9,11H2,1-5H3. The second-order valence-corrected chi connectivity index (χ2v) is 9.21. The van der Waals surface area contributed by atoms with Gasteiger partial charge in [0.05, 0.1) is 11.3 Å². The number of carbonyl (C=O) groups excluding carboxylic acids is 1. The lowest BCUT2D eigenvalue weighted by Gasteiger charge is -2.19. The predicted octanol–water partition coefficient (Wildman–Crippen LogP) is 2.86. The molecule has 0 aliphatic carbocycles. The topological polar surface area (TPSA) is 68.6 Å². The summed E-state index contributed by atoms with van der Waals surface area (Å²) in [5.74, 6) is 0.0539. The van der Waals surface area contributed by atoms with Gasteiger partial charge < -0.3 is 4.74 Å². The van der Waals surface area contributed by atoms with Crippen molar-refractivity contribution in [2.75, 3.05) is 19.8 Å². The van der Waals surface area contributed by atoms with E-state index < -0.39 is 21.7 Å². The second-order valence-electron chi connectivity index (χ2n) is 6.91. The highest BCUT2D eigenvalue weighted by molar-refractivity contribution is 7.89. The molecule has 0 atom stereocenters. The van der Waals surface area contributed by atoms with E-state index in [4.69, 9.17) is 4.74 Å². The van der Waals surface area contributed by atoms with Crippen molar-refractivity contribution in [2.24, 2.45) is 0 Å². The van der Waals surface area contributed by atoms with Crippen LogP contribution < -0.4 is 0 Å². The number of nitrogens with zero attached hydrogens (tertiary/aromatic N) is 2. The summed E-state index contributed by atoms with van der Waals surface area (Å²) in [5, 5.41) is 0.876. The van der Waals surface area contributed by atoms with Gasteiger partial charge in [-0.2, -0.15) is 0 Å². The predicted molar refractivity (Wildman–Crippen MR) is 94.7 cm³/mol. The van der Waals surface area contributed by atoms with Crippen LogP contribution in [0, 0.1) is 0 Å². The van der Waals surface area contributed by atoms with Crippen LogP contribution in [0.25, 0.3) is 10.9 Å². The molecule has 0 saturated heterocycles. The highest BCUT2D eigenvalue weighted by Gasteiger charge is 2.19. The van der Waals surface area contributed by atoms with Crippen LogP contribution in [0.5, 0.6) is 0 Å². The monoisotopic (exact) mass is 352 g/mol. The van der Waals surface area contributed by atoms with Gasteiger partial charge in [-0.15, -0.1) is 0 Å². The molecule has 132 valence electrons. The molecule has 0 radical (unpaired) electrons. The normalized spacial score (nSPS) is 12.8. The number of benzene rings is 1. The molecular weight excluding hydrogens is 328 g/mol. The SMILES string of the molecule is CN(C)S(=O)(=O)CCc1ccc2c(ccn2C(=O)OC(C)(C)C)c1. The number of hydrogen-bond acceptors (Lipinski definition) is 4. The zero-order valence-electron chi connectivity index (χ0n) is 14.7. The van der Waals surface area contributed by atoms with Crippen LogP contribution in [0.3, 0.4) is 0 Å². The Kier molecular flexibility index (Phi) is 5.05. The summed E-state index contributed by atoms with van der Waals surface area (Å²) in [6.45, 7) is 5.46. The third-order valence-electron chi connectivity index (χ3n) is 3.55. The van der Waals surface area contributed by atoms with E-state index in [2.05, 4.69) is 0 Å². The molecule has 0 unspecified atom stereocenters. The fraction of sp³-hybridized carbons (Fsp3) is 0.471. The van der Waals surface area contributed by atoms with E-state index in [0.717, 1.165) is 16.5 Å². The zero-order chi connectivity index (χ0) is 18.1. The minimum atomic E-state index is -3.22. The van der Waals surface area contributed by atoms with Crippen LogP contribution in [0.1, 0.15) is 26.3 Å². The van der Waals surface area contributed by atoms with Crippen LogP contribution in [0.2, 0.25) is 0 Å². The van der Waals surface area contributed by atoms with Gasteiger partial charge >= 0.3 is 6.09 Å². The molecule has 0 spiro atoms. The van der Waals surface area contributed by atoms with Gasteiger partial charge in [-0.05, 0) is 51.0 Å². The lowest BCUT2D eigenvalue weighted by Crippen LogP contribution is -2.26. The molecule has 1 heterocycles. The summed E-state index contributed by atoms with van der Waals surface area (Å²) in [5.41, 5.74) is 1.09. The molecule has 1 aromatic heterocycles. The fourth-order valence-electron chi connectivity index (χ4n) is 2.25. The second kappa shape index (κ2) is 6.57. The Morgan fingerprint density at radius 3 is 2.46 bits per heavy atom. The Balaban J connectivity index is 2.21. The third kappa shape index (κ3) is 4.36. The van der Waals surface area contributed by atoms with Crippen molar-refractivity contribution in [1.29, 1.82) is 0 Å². The van der Waals surface area contributed by atoms with E-state index in [-0.39, 0.29) is 5.75 Å². The Morgan fingerprint density at radius 1 is 1.21 bits per heavy atom. The van der Waals surface area contributed by atoms with Crippen molar-refractivity contribution in [1.82, 2.24) is 8.87 Å². The molecule has 7 heteroatoms. The number of aromatic nitrogens is 1. The van der Waals surface area contributed by atoms with E-state index in [1.54, 1.807) is 6.20 Å². The first kappa shape index (κ1) is 18.5. The summed E-state index contributed by atoms with van der Waals surface area (Å²) in [6.07, 6.45) is 1.66. The summed E-state index contributed by atoms with van der Waals surface area (Å²) in [4.78, 5) is 12.2. The summed E-state index contributed by atoms with van der Waals surface area (Å²) in [7, 11) is -0.170. The number of sulfonamides is 1. The van der Waals surface area contributed by atoms with E-state index in [9.17, 15) is 13.2 Å². The van der Waals surface area contributed by atoms with Gasteiger partial charge in [-0.1, -0.05) is 6.07 Å². The number of carbonyl (C=O) groups is 1. The van der Waals surface area contributed by atoms with Crippen molar-refractivity contribution in [3.8, 4) is 0 Å². The number of rotatable bonds is 4. The molecule has 0 amide bonds. The highest BCUT2D eigenvalue weighted by atomic mass is 32.2. The molecule has 1 aromatic carbocycles. The van der Waals surface area contributed by atoms with Crippen molar-refractivity contribution in [3.63, 3.8) is 0 Å². The van der Waals surface area contributed by atoms with Gasteiger partial charge in [0.15, 0.2) is 0 Å². The Bertz CT molecular complexity index is 845. The van der Waals surface area contributed by atoms with Crippen LogP contribution >= 0.6 is 0 Å². The van der Waals surface area contributed by atoms with Gasteiger partial charge in [0.1, 0.15) is 5.60 Å². The molecule has 0 N–H and O–H groups in total. The summed E-state index contributed by atoms with van der Waals surface area (Å²) in [6, 6.07) is 7.38. The minimum Gasteiger partial charge on any atom is -0.443 e. The lowest BCUT2D eigenvalue weighted by atomic mass is 10.1. The van der Waals surface area contributed by atoms with Gasteiger partial charge in [-0.3, -0.25) is 4.57 Å². The number of hydrogen-bond donors (Lipinski definition) is 0. The smallest absolute Gasteiger partial charge is 0.418 e. The van der Waals surface area contributed by atoms with Gasteiger partial charge in [0, 0.05) is 25.7 Å². The maximum absolute atomic E-state index is 12.2. The molecule has 0 bridgehead atoms. The maximum atomic E-state index is 12.2. The molecule has 2 rings (SSSR count). The Morgan fingerprint density at radius 2 is 1.88 bits per heavy atom. The quantitative estimate of drug-likeness (QED) is 0.848. The molecule has 6 nitrogen and oxygen atoms in total. The maximum Gasteiger partial charge on any atom is 0.418 e. The van der Waals surface area contributed by atoms with Crippen molar-refractivity contribution in [2.45, 2.75) is 32.8 Å². The fourth-order valence-corrected chi connectivity index (χ4v) is 3.11. The number of aryl methyl sites for hydroxylation is 1. The Labute approximate surface area is 143 Å². The first-order valence-corrected chi connectivity index (χ1v) is 9.34. The molecule has 0 fully saturated rings. The number of ether oxygens (including phenoxy) is 1. The molecule has 0 aliphatic rings. The lowest BCUT2D eigenvalue weighted by molar-refractivity contribution is 0.0544. The van der Waals surface area contributed by atoms with Crippen molar-refractivity contribution in [3.05, 3.63) is 36.0 Å². The average Bonchev–Trinajstić information content (AvgIpc) is 2.86. The minimum absolute atomic E-state index is 0.0539. The van der Waals surface area contributed by atoms with Gasteiger partial charge in [-0.25, -0.2) is 17.5 Å². The molecular formula is C17H24N2O4S. The van der Waals surface area contributed by atoms with Crippen molar-refractivity contribution >= 4 is 27.0 Å². The van der Waals surface area contributed by atoms with E-state index in [0.29, 0.717) is 6.42 Å². The molecule has 0 aliphatic heterocycles. The van der Waals surface area contributed by atoms with Gasteiger partial charge in [0.2, 0.25) is 10.0 Å². The highest BCUT2D eigenvalue weighted by Crippen LogP contribution is 2.20. The molecule has 0 saturated carbocycles. The zero-order valence-corrected chi connectivity index (χ0v) is 15.6. The van der Waals surface area contributed by atoms with Crippen LogP contribution in [-0.2, 0) is 21.2 Å². The first-order chi connectivity index (χ1) is 11.0. The third-order valence-corrected chi connectivity index (χ3v) is 5.38. The molecule has 24 heavy (non-hydrogen) atoms.